The highest BCUT2D eigenvalue weighted by molar-refractivity contribution is 5.45. The first-order chi connectivity index (χ1) is 10.3. The summed E-state index contributed by atoms with van der Waals surface area (Å²) in [6, 6.07) is 15.6. The summed E-state index contributed by atoms with van der Waals surface area (Å²) < 4.78 is 0. The summed E-state index contributed by atoms with van der Waals surface area (Å²) in [6.07, 6.45) is 5.61. The number of aromatic nitrogens is 1. The molecule has 1 N–H and O–H groups in total. The largest absolute Gasteiger partial charge is 0.374 e. The Labute approximate surface area is 127 Å². The zero-order chi connectivity index (χ0) is 14.5. The molecule has 1 aliphatic carbocycles. The summed E-state index contributed by atoms with van der Waals surface area (Å²) in [4.78, 5) is 6.75. The molecule has 2 aromatic rings. The molecule has 0 atom stereocenters. The molecule has 3 rings (SSSR count). The summed E-state index contributed by atoms with van der Waals surface area (Å²) in [5.41, 5.74) is 3.76. The number of anilines is 1. The first kappa shape index (κ1) is 14.1. The number of hydrogen-bond donors (Lipinski definition) is 1. The van der Waals surface area contributed by atoms with Gasteiger partial charge in [0.2, 0.25) is 0 Å². The lowest BCUT2D eigenvalue weighted by Gasteiger charge is -2.20. The van der Waals surface area contributed by atoms with Crippen LogP contribution in [-0.2, 0) is 13.0 Å². The topological polar surface area (TPSA) is 28.2 Å². The van der Waals surface area contributed by atoms with Gasteiger partial charge in [-0.1, -0.05) is 30.3 Å². The second kappa shape index (κ2) is 6.72. The number of nitrogens with one attached hydrogen (secondary N) is 1. The number of hydrogen-bond acceptors (Lipinski definition) is 3. The molecule has 0 bridgehead atoms. The number of nitrogens with zero attached hydrogens (tertiary/aromatic N) is 2. The third-order valence-corrected chi connectivity index (χ3v) is 3.97. The molecule has 0 spiro atoms. The van der Waals surface area contributed by atoms with Crippen LogP contribution in [0.2, 0.25) is 0 Å². The fourth-order valence-electron chi connectivity index (χ4n) is 2.41. The Hall–Kier alpha value is -1.87. The van der Waals surface area contributed by atoms with Gasteiger partial charge in [0.1, 0.15) is 0 Å². The van der Waals surface area contributed by atoms with Gasteiger partial charge in [0, 0.05) is 38.1 Å². The van der Waals surface area contributed by atoms with Gasteiger partial charge in [-0.2, -0.15) is 0 Å². The van der Waals surface area contributed by atoms with Gasteiger partial charge in [0.25, 0.3) is 0 Å². The van der Waals surface area contributed by atoms with Gasteiger partial charge < -0.3 is 10.2 Å². The SMILES string of the molecule is CN(CCc1ccccc1)c1ccnc(CNC2CC2)c1. The molecule has 1 aromatic carbocycles. The van der Waals surface area contributed by atoms with Crippen LogP contribution in [0.3, 0.4) is 0 Å². The maximum atomic E-state index is 4.45. The minimum Gasteiger partial charge on any atom is -0.374 e. The molecule has 3 nitrogen and oxygen atoms in total. The fraction of sp³-hybridized carbons (Fsp3) is 0.389. The summed E-state index contributed by atoms with van der Waals surface area (Å²) in [5.74, 6) is 0. The Morgan fingerprint density at radius 3 is 2.76 bits per heavy atom. The summed E-state index contributed by atoms with van der Waals surface area (Å²) >= 11 is 0. The molecule has 0 unspecified atom stereocenters. The van der Waals surface area contributed by atoms with Crippen LogP contribution in [0, 0.1) is 0 Å². The van der Waals surface area contributed by atoms with Crippen LogP contribution >= 0.6 is 0 Å². The molecule has 1 saturated carbocycles. The van der Waals surface area contributed by atoms with E-state index in [0.29, 0.717) is 0 Å². The average Bonchev–Trinajstić information content (AvgIpc) is 3.36. The van der Waals surface area contributed by atoms with Crippen LogP contribution in [0.1, 0.15) is 24.1 Å². The zero-order valence-electron chi connectivity index (χ0n) is 12.6. The molecule has 1 heterocycles. The van der Waals surface area contributed by atoms with E-state index in [1.165, 1.54) is 24.1 Å². The third-order valence-electron chi connectivity index (χ3n) is 3.97. The second-order valence-corrected chi connectivity index (χ2v) is 5.82. The molecule has 21 heavy (non-hydrogen) atoms. The van der Waals surface area contributed by atoms with E-state index in [4.69, 9.17) is 0 Å². The lowest BCUT2D eigenvalue weighted by Crippen LogP contribution is -2.21. The van der Waals surface area contributed by atoms with E-state index in [9.17, 15) is 0 Å². The Morgan fingerprint density at radius 2 is 2.00 bits per heavy atom. The number of likely N-dealkylation sites (N-methyl/N-ethyl adjacent to an activating group) is 1. The highest BCUT2D eigenvalue weighted by atomic mass is 15.1. The van der Waals surface area contributed by atoms with E-state index in [2.05, 4.69) is 64.7 Å². The van der Waals surface area contributed by atoms with Gasteiger partial charge in [0.15, 0.2) is 0 Å². The van der Waals surface area contributed by atoms with Crippen molar-refractivity contribution in [2.75, 3.05) is 18.5 Å². The van der Waals surface area contributed by atoms with Crippen molar-refractivity contribution in [3.05, 3.63) is 59.9 Å². The monoisotopic (exact) mass is 281 g/mol. The van der Waals surface area contributed by atoms with Gasteiger partial charge >= 0.3 is 0 Å². The van der Waals surface area contributed by atoms with Gasteiger partial charge in [-0.15, -0.1) is 0 Å². The Balaban J connectivity index is 1.55. The molecule has 1 aromatic heterocycles. The van der Waals surface area contributed by atoms with Crippen molar-refractivity contribution in [2.45, 2.75) is 31.8 Å². The van der Waals surface area contributed by atoms with Crippen molar-refractivity contribution in [2.24, 2.45) is 0 Å². The van der Waals surface area contributed by atoms with E-state index in [1.54, 1.807) is 0 Å². The van der Waals surface area contributed by atoms with Gasteiger partial charge in [-0.3, -0.25) is 4.98 Å². The first-order valence-corrected chi connectivity index (χ1v) is 7.74. The van der Waals surface area contributed by atoms with Gasteiger partial charge in [0.05, 0.1) is 5.69 Å². The van der Waals surface area contributed by atoms with Crippen molar-refractivity contribution >= 4 is 5.69 Å². The maximum Gasteiger partial charge on any atom is 0.0562 e. The van der Waals surface area contributed by atoms with E-state index < -0.39 is 0 Å². The summed E-state index contributed by atoms with van der Waals surface area (Å²) in [5, 5.41) is 3.52. The van der Waals surface area contributed by atoms with Crippen molar-refractivity contribution in [3.63, 3.8) is 0 Å². The second-order valence-electron chi connectivity index (χ2n) is 5.82. The minimum absolute atomic E-state index is 0.728. The van der Waals surface area contributed by atoms with Crippen LogP contribution in [0.25, 0.3) is 0 Å². The molecule has 1 aliphatic rings. The van der Waals surface area contributed by atoms with Crippen LogP contribution in [0.15, 0.2) is 48.7 Å². The molecule has 110 valence electrons. The van der Waals surface area contributed by atoms with E-state index >= 15 is 0 Å². The van der Waals surface area contributed by atoms with E-state index in [1.807, 2.05) is 6.20 Å². The highest BCUT2D eigenvalue weighted by Crippen LogP contribution is 2.20. The molecule has 0 aliphatic heterocycles. The number of rotatable bonds is 7. The predicted octanol–water partition coefficient (Wildman–Crippen LogP) is 3.01. The molecular formula is C18H23N3. The van der Waals surface area contributed by atoms with Crippen LogP contribution in [0.5, 0.6) is 0 Å². The van der Waals surface area contributed by atoms with Crippen LogP contribution in [0.4, 0.5) is 5.69 Å². The van der Waals surface area contributed by atoms with Crippen molar-refractivity contribution < 1.29 is 0 Å². The predicted molar refractivity (Wildman–Crippen MR) is 87.5 cm³/mol. The fourth-order valence-corrected chi connectivity index (χ4v) is 2.41. The maximum absolute atomic E-state index is 4.45. The highest BCUT2D eigenvalue weighted by Gasteiger charge is 2.20. The van der Waals surface area contributed by atoms with Crippen molar-refractivity contribution in [1.29, 1.82) is 0 Å². The third kappa shape index (κ3) is 4.30. The number of pyridine rings is 1. The average molecular weight is 281 g/mol. The van der Waals surface area contributed by atoms with Crippen molar-refractivity contribution in [1.82, 2.24) is 10.3 Å². The molecular weight excluding hydrogens is 258 g/mol. The van der Waals surface area contributed by atoms with E-state index in [-0.39, 0.29) is 0 Å². The summed E-state index contributed by atoms with van der Waals surface area (Å²) in [7, 11) is 2.15. The van der Waals surface area contributed by atoms with Gasteiger partial charge in [-0.25, -0.2) is 0 Å². The van der Waals surface area contributed by atoms with Gasteiger partial charge in [-0.05, 0) is 37.0 Å². The van der Waals surface area contributed by atoms with Crippen LogP contribution in [-0.4, -0.2) is 24.6 Å². The zero-order valence-corrected chi connectivity index (χ0v) is 12.6. The Kier molecular flexibility index (Phi) is 4.51. The summed E-state index contributed by atoms with van der Waals surface area (Å²) in [6.45, 7) is 1.90. The smallest absolute Gasteiger partial charge is 0.0562 e. The Bertz CT molecular complexity index is 564. The number of benzene rings is 1. The lowest BCUT2D eigenvalue weighted by atomic mass is 10.1. The molecule has 0 radical (unpaired) electrons. The Morgan fingerprint density at radius 1 is 1.19 bits per heavy atom. The molecule has 3 heteroatoms. The quantitative estimate of drug-likeness (QED) is 0.845. The standard InChI is InChI=1S/C18H23N3/c1-21(12-10-15-5-3-2-4-6-15)18-9-11-19-17(13-18)14-20-16-7-8-16/h2-6,9,11,13,16,20H,7-8,10,12,14H2,1H3. The normalized spacial score (nSPS) is 14.1. The minimum atomic E-state index is 0.728. The van der Waals surface area contributed by atoms with Crippen LogP contribution < -0.4 is 10.2 Å². The molecule has 1 fully saturated rings. The molecule has 0 amide bonds. The lowest BCUT2D eigenvalue weighted by molar-refractivity contribution is 0.674. The first-order valence-electron chi connectivity index (χ1n) is 7.74. The van der Waals surface area contributed by atoms with E-state index in [0.717, 1.165) is 31.2 Å². The van der Waals surface area contributed by atoms with Crippen molar-refractivity contribution in [3.8, 4) is 0 Å². The molecule has 0 saturated heterocycles.